The van der Waals surface area contributed by atoms with Crippen molar-refractivity contribution in [1.29, 1.82) is 0 Å². The Kier molecular flexibility index (Phi) is 52.7. The second-order valence-electron chi connectivity index (χ2n) is 23.0. The number of amides is 1. The van der Waals surface area contributed by atoms with E-state index in [4.69, 9.17) is 9.47 Å². The zero-order valence-corrected chi connectivity index (χ0v) is 49.6. The lowest BCUT2D eigenvalue weighted by Gasteiger charge is -2.40. The highest BCUT2D eigenvalue weighted by molar-refractivity contribution is 5.80. The number of nitrogens with one attached hydrogen (secondary N) is 1. The first-order valence-corrected chi connectivity index (χ1v) is 32.8. The predicted molar refractivity (Wildman–Crippen MR) is 319 cm³/mol. The number of rotatable bonds is 57. The van der Waals surface area contributed by atoms with Gasteiger partial charge >= 0.3 is 0 Å². The molecule has 0 radical (unpaired) electrons. The second-order valence-corrected chi connectivity index (χ2v) is 23.0. The van der Waals surface area contributed by atoms with Crippen LogP contribution in [0.2, 0.25) is 0 Å². The van der Waals surface area contributed by atoms with Gasteiger partial charge in [0.05, 0.1) is 25.4 Å². The Morgan fingerprint density at radius 3 is 1.14 bits per heavy atom. The summed E-state index contributed by atoms with van der Waals surface area (Å²) in [6.45, 7) is 3.64. The lowest BCUT2D eigenvalue weighted by Crippen LogP contribution is -2.60. The average Bonchev–Trinajstić information content (AvgIpc) is 3.42. The van der Waals surface area contributed by atoms with Gasteiger partial charge in [-0.15, -0.1) is 0 Å². The second kappa shape index (κ2) is 55.3. The fourth-order valence-corrected chi connectivity index (χ4v) is 10.5. The quantitative estimate of drug-likeness (QED) is 0.0232. The van der Waals surface area contributed by atoms with E-state index in [0.29, 0.717) is 19.3 Å². The molecule has 1 aliphatic rings. The van der Waals surface area contributed by atoms with Gasteiger partial charge in [0, 0.05) is 0 Å². The summed E-state index contributed by atoms with van der Waals surface area (Å²) in [6, 6.07) is -0.997. The first kappa shape index (κ1) is 72.4. The van der Waals surface area contributed by atoms with Gasteiger partial charge in [-0.2, -0.15) is 0 Å². The van der Waals surface area contributed by atoms with Crippen molar-refractivity contribution in [3.05, 3.63) is 36.5 Å². The molecule has 0 aliphatic carbocycles. The van der Waals surface area contributed by atoms with Crippen LogP contribution in [0.1, 0.15) is 316 Å². The SMILES string of the molecule is CCCCCCCCCCCCC/C=C/CC/C=C/C(O)C(COC1OC(CO)C(O)C(O)C1O)NC(=O)C(O)CCCCCCCCCCCCCCCCCC/C=C\CCCCCCCCCCCCCCCC. The van der Waals surface area contributed by atoms with Crippen molar-refractivity contribution < 1.29 is 44.9 Å². The van der Waals surface area contributed by atoms with Gasteiger partial charge in [-0.1, -0.05) is 294 Å². The smallest absolute Gasteiger partial charge is 0.249 e. The molecule has 7 N–H and O–H groups in total. The Balaban J connectivity index is 2.15. The number of hydrogen-bond donors (Lipinski definition) is 7. The molecule has 76 heavy (non-hydrogen) atoms. The summed E-state index contributed by atoms with van der Waals surface area (Å²) in [5.74, 6) is -0.621. The van der Waals surface area contributed by atoms with E-state index in [1.807, 2.05) is 6.08 Å². The van der Waals surface area contributed by atoms with Crippen molar-refractivity contribution in [3.63, 3.8) is 0 Å². The summed E-state index contributed by atoms with van der Waals surface area (Å²) in [4.78, 5) is 13.2. The van der Waals surface area contributed by atoms with Crippen LogP contribution in [-0.2, 0) is 14.3 Å². The van der Waals surface area contributed by atoms with E-state index in [0.717, 1.165) is 32.1 Å². The number of ether oxygens (including phenoxy) is 2. The normalized spacial score (nSPS) is 19.4. The van der Waals surface area contributed by atoms with Gasteiger partial charge in [0.15, 0.2) is 6.29 Å². The van der Waals surface area contributed by atoms with Crippen molar-refractivity contribution in [3.8, 4) is 0 Å². The van der Waals surface area contributed by atoms with Crippen LogP contribution in [0.5, 0.6) is 0 Å². The summed E-state index contributed by atoms with van der Waals surface area (Å²) in [6.07, 6.45) is 62.8. The Hall–Kier alpha value is -1.63. The van der Waals surface area contributed by atoms with E-state index in [2.05, 4.69) is 43.5 Å². The van der Waals surface area contributed by atoms with Crippen molar-refractivity contribution in [2.24, 2.45) is 0 Å². The van der Waals surface area contributed by atoms with E-state index in [9.17, 15) is 35.4 Å². The van der Waals surface area contributed by atoms with Crippen molar-refractivity contribution in [1.82, 2.24) is 5.32 Å². The molecule has 1 amide bonds. The number of aliphatic hydroxyl groups excluding tert-OH is 6. The number of aliphatic hydroxyl groups is 6. The molecule has 448 valence electrons. The molecular formula is C66H125NO9. The molecule has 0 bridgehead atoms. The first-order valence-electron chi connectivity index (χ1n) is 32.8. The number of allylic oxidation sites excluding steroid dienone is 5. The van der Waals surface area contributed by atoms with Crippen LogP contribution in [0.15, 0.2) is 36.5 Å². The van der Waals surface area contributed by atoms with Crippen molar-refractivity contribution in [2.45, 2.75) is 365 Å². The average molecular weight is 1080 g/mol. The first-order chi connectivity index (χ1) is 37.3. The zero-order chi connectivity index (χ0) is 55.2. The van der Waals surface area contributed by atoms with E-state index in [1.54, 1.807) is 6.08 Å². The van der Waals surface area contributed by atoms with Crippen LogP contribution in [0.25, 0.3) is 0 Å². The van der Waals surface area contributed by atoms with Crippen LogP contribution < -0.4 is 5.32 Å². The van der Waals surface area contributed by atoms with Gasteiger partial charge in [0.2, 0.25) is 5.91 Å². The Bertz CT molecular complexity index is 1310. The standard InChI is InChI=1S/C66H125NO9/c1-3-5-7-9-11-13-15-17-19-21-22-23-24-25-26-27-28-29-30-31-32-33-34-35-36-37-39-41-43-45-47-49-51-53-55-60(70)65(74)67-58(57-75-66-64(73)63(72)62(71)61(56-68)76-66)59(69)54-52-50-48-46-44-42-40-38-20-18-16-14-12-10-8-6-4-2/h27-28,44,46,52,54,58-64,66,68-73H,3-26,29-43,45,47-51,53,55-57H2,1-2H3,(H,67,74)/b28-27-,46-44+,54-52+. The number of hydrogen-bond acceptors (Lipinski definition) is 9. The minimum absolute atomic E-state index is 0.306. The Morgan fingerprint density at radius 2 is 0.776 bits per heavy atom. The number of carbonyl (C=O) groups is 1. The fraction of sp³-hybridized carbons (Fsp3) is 0.894. The third-order valence-electron chi connectivity index (χ3n) is 15.8. The number of unbranched alkanes of at least 4 members (excludes halogenated alkanes) is 42. The van der Waals surface area contributed by atoms with Crippen molar-refractivity contribution >= 4 is 5.91 Å². The lowest BCUT2D eigenvalue weighted by molar-refractivity contribution is -0.302. The third-order valence-corrected chi connectivity index (χ3v) is 15.8. The number of carbonyl (C=O) groups excluding carboxylic acids is 1. The molecule has 0 aromatic rings. The summed E-state index contributed by atoms with van der Waals surface area (Å²) >= 11 is 0. The van der Waals surface area contributed by atoms with Crippen LogP contribution in [-0.4, -0.2) is 98.7 Å². The molecule has 1 heterocycles. The predicted octanol–water partition coefficient (Wildman–Crippen LogP) is 16.1. The van der Waals surface area contributed by atoms with E-state index in [-0.39, 0.29) is 6.61 Å². The highest BCUT2D eigenvalue weighted by Gasteiger charge is 2.44. The maximum absolute atomic E-state index is 13.2. The highest BCUT2D eigenvalue weighted by atomic mass is 16.7. The molecule has 0 spiro atoms. The maximum atomic E-state index is 13.2. The molecule has 1 aliphatic heterocycles. The summed E-state index contributed by atoms with van der Waals surface area (Å²) in [5, 5.41) is 65.1. The van der Waals surface area contributed by atoms with Crippen LogP contribution in [0, 0.1) is 0 Å². The Labute approximate surface area is 468 Å². The van der Waals surface area contributed by atoms with Gasteiger partial charge in [-0.3, -0.25) is 4.79 Å². The molecule has 0 aromatic heterocycles. The summed E-state index contributed by atoms with van der Waals surface area (Å²) < 4.78 is 11.2. The van der Waals surface area contributed by atoms with Gasteiger partial charge < -0.3 is 45.4 Å². The molecule has 1 rings (SSSR count). The van der Waals surface area contributed by atoms with E-state index >= 15 is 0 Å². The molecular weight excluding hydrogens is 951 g/mol. The molecule has 10 nitrogen and oxygen atoms in total. The molecule has 0 aromatic carbocycles. The summed E-state index contributed by atoms with van der Waals surface area (Å²) in [7, 11) is 0. The molecule has 10 heteroatoms. The van der Waals surface area contributed by atoms with Crippen LogP contribution in [0.3, 0.4) is 0 Å². The lowest BCUT2D eigenvalue weighted by atomic mass is 9.99. The monoisotopic (exact) mass is 1080 g/mol. The topological polar surface area (TPSA) is 169 Å². The van der Waals surface area contributed by atoms with Crippen molar-refractivity contribution in [2.75, 3.05) is 13.2 Å². The van der Waals surface area contributed by atoms with E-state index in [1.165, 1.54) is 250 Å². The molecule has 0 saturated carbocycles. The third kappa shape index (κ3) is 43.2. The minimum atomic E-state index is -1.62. The zero-order valence-electron chi connectivity index (χ0n) is 49.6. The van der Waals surface area contributed by atoms with Crippen LogP contribution >= 0.6 is 0 Å². The highest BCUT2D eigenvalue weighted by Crippen LogP contribution is 2.23. The largest absolute Gasteiger partial charge is 0.394 e. The summed E-state index contributed by atoms with van der Waals surface area (Å²) in [5.41, 5.74) is 0. The van der Waals surface area contributed by atoms with Crippen LogP contribution in [0.4, 0.5) is 0 Å². The van der Waals surface area contributed by atoms with E-state index < -0.39 is 61.5 Å². The molecule has 8 atom stereocenters. The molecule has 8 unspecified atom stereocenters. The molecule has 1 fully saturated rings. The van der Waals surface area contributed by atoms with Gasteiger partial charge in [0.1, 0.15) is 30.5 Å². The van der Waals surface area contributed by atoms with Gasteiger partial charge in [0.25, 0.3) is 0 Å². The fourth-order valence-electron chi connectivity index (χ4n) is 10.5. The Morgan fingerprint density at radius 1 is 0.447 bits per heavy atom. The minimum Gasteiger partial charge on any atom is -0.394 e. The van der Waals surface area contributed by atoms with Gasteiger partial charge in [-0.05, 0) is 57.8 Å². The maximum Gasteiger partial charge on any atom is 0.249 e. The van der Waals surface area contributed by atoms with Gasteiger partial charge in [-0.25, -0.2) is 0 Å². The molecule has 1 saturated heterocycles.